The number of rotatable bonds is 2. The molecule has 122 valence electrons. The first-order valence-electron chi connectivity index (χ1n) is 6.49. The van der Waals surface area contributed by atoms with E-state index < -0.39 is 10.2 Å². The molecule has 0 aliphatic rings. The number of ether oxygens (including phenoxy) is 1. The van der Waals surface area contributed by atoms with Crippen LogP contribution in [0.2, 0.25) is 0 Å². The van der Waals surface area contributed by atoms with Crippen molar-refractivity contribution in [2.75, 3.05) is 7.11 Å². The number of fused-ring (bicyclic) bond motifs is 1. The van der Waals surface area contributed by atoms with Gasteiger partial charge < -0.3 is 4.74 Å². The maximum absolute atomic E-state index is 8.83. The summed E-state index contributed by atoms with van der Waals surface area (Å²) in [6.45, 7) is 0. The summed E-state index contributed by atoms with van der Waals surface area (Å²) < 4.78 is 36.7. The Hall–Kier alpha value is -1.80. The molecule has 7 heteroatoms. The van der Waals surface area contributed by atoms with E-state index in [9.17, 15) is 0 Å². The van der Waals surface area contributed by atoms with Crippen LogP contribution in [0.3, 0.4) is 0 Å². The minimum atomic E-state index is -4.19. The third kappa shape index (κ3) is 5.72. The van der Waals surface area contributed by atoms with E-state index in [0.717, 1.165) is 5.75 Å². The summed E-state index contributed by atoms with van der Waals surface area (Å²) in [6.07, 6.45) is 0. The molecule has 5 nitrogen and oxygen atoms in total. The molecule has 0 radical (unpaired) electrons. The first-order chi connectivity index (χ1) is 10.9. The Morgan fingerprint density at radius 3 is 2.22 bits per heavy atom. The first kappa shape index (κ1) is 17.6. The Morgan fingerprint density at radius 1 is 0.957 bits per heavy atom. The topological polar surface area (TPSA) is 93.0 Å². The second-order valence-electron chi connectivity index (χ2n) is 4.50. The van der Waals surface area contributed by atoms with Crippen LogP contribution < -0.4 is 9.40 Å². The van der Waals surface area contributed by atoms with Gasteiger partial charge in [-0.1, -0.05) is 18.2 Å². The molecule has 1 heterocycles. The van der Waals surface area contributed by atoms with E-state index in [1.807, 2.05) is 12.1 Å². The van der Waals surface area contributed by atoms with Crippen LogP contribution in [0.5, 0.6) is 5.75 Å². The molecule has 0 aliphatic heterocycles. The van der Waals surface area contributed by atoms with Gasteiger partial charge in [0.2, 0.25) is 20.9 Å². The van der Waals surface area contributed by atoms with Gasteiger partial charge in [-0.05, 0) is 30.3 Å². The molecule has 0 amide bonds. The van der Waals surface area contributed by atoms with Crippen LogP contribution in [-0.4, -0.2) is 21.1 Å². The molecule has 3 N–H and O–H groups in total. The van der Waals surface area contributed by atoms with Crippen LogP contribution in [0, 0.1) is 10.2 Å². The van der Waals surface area contributed by atoms with Crippen molar-refractivity contribution in [3.63, 3.8) is 0 Å². The van der Waals surface area contributed by atoms with E-state index in [0.29, 0.717) is 0 Å². The summed E-state index contributed by atoms with van der Waals surface area (Å²) in [5, 5.41) is 1.22. The van der Waals surface area contributed by atoms with E-state index in [2.05, 4.69) is 48.5 Å². The Balaban J connectivity index is 0.000000338. The Morgan fingerprint density at radius 2 is 1.61 bits per heavy atom. The van der Waals surface area contributed by atoms with Crippen molar-refractivity contribution in [1.29, 1.82) is 0 Å². The molecular weight excluding hydrogens is 340 g/mol. The molecule has 0 unspecified atom stereocenters. The fourth-order valence-corrected chi connectivity index (χ4v) is 2.96. The molecule has 1 aromatic heterocycles. The zero-order valence-electron chi connectivity index (χ0n) is 12.2. The number of benzene rings is 2. The molecule has 3 rings (SSSR count). The van der Waals surface area contributed by atoms with Crippen molar-refractivity contribution < 1.29 is 33.6 Å². The predicted octanol–water partition coefficient (Wildman–Crippen LogP) is 2.00. The molecule has 0 saturated heterocycles. The molecule has 0 atom stereocenters. The predicted molar refractivity (Wildman–Crippen MR) is 84.9 cm³/mol. The van der Waals surface area contributed by atoms with E-state index >= 15 is 0 Å². The van der Waals surface area contributed by atoms with Gasteiger partial charge in [-0.2, -0.15) is 0 Å². The van der Waals surface area contributed by atoms with Gasteiger partial charge in [0.25, 0.3) is 0 Å². The van der Waals surface area contributed by atoms with Crippen molar-refractivity contribution in [2.45, 2.75) is 0 Å². The van der Waals surface area contributed by atoms with E-state index in [4.69, 9.17) is 23.4 Å². The number of methoxy groups -OCH3 is 1. The zero-order chi connectivity index (χ0) is 16.9. The number of hydrogen-bond donors (Lipinski definition) is 3. The molecule has 0 saturated carbocycles. The van der Waals surface area contributed by atoms with Gasteiger partial charge in [-0.15, -0.1) is 0 Å². The van der Waals surface area contributed by atoms with Crippen LogP contribution in [-0.2, 0) is 0 Å². The second-order valence-corrected chi connectivity index (χ2v) is 6.45. The molecule has 3 aromatic rings. The minimum absolute atomic E-state index is 0.905. The number of halogens is 1. The zero-order valence-corrected chi connectivity index (χ0v) is 13.8. The van der Waals surface area contributed by atoms with Crippen LogP contribution >= 0.6 is 11.3 Å². The third-order valence-corrected chi connectivity index (χ3v) is 4.09. The standard InChI is InChI=1S/C16H13OS.ClH3O4/c1-17-14-8-10-16-13(11-14)7-9-15(18-16)12-5-3-2-4-6-12;2-1(3,4)5/h2-11H,1H3;2-4H/q+1;. The number of hydrogen-bond acceptors (Lipinski definition) is 5. The summed E-state index contributed by atoms with van der Waals surface area (Å²) in [5.74, 6) is 0.905. The van der Waals surface area contributed by atoms with Crippen LogP contribution in [0.1, 0.15) is 0 Å². The van der Waals surface area contributed by atoms with E-state index in [1.54, 1.807) is 18.4 Å². The van der Waals surface area contributed by atoms with Crippen LogP contribution in [0.4, 0.5) is 0 Å². The fourth-order valence-electron chi connectivity index (χ4n) is 1.95. The van der Waals surface area contributed by atoms with Crippen molar-refractivity contribution in [2.24, 2.45) is 0 Å². The Bertz CT molecular complexity index is 768. The Kier molecular flexibility index (Phi) is 5.84. The van der Waals surface area contributed by atoms with Gasteiger partial charge in [0.1, 0.15) is 5.75 Å². The Labute approximate surface area is 139 Å². The molecular formula is C16H16ClO5S+. The summed E-state index contributed by atoms with van der Waals surface area (Å²) in [4.78, 5) is 1.29. The summed E-state index contributed by atoms with van der Waals surface area (Å²) in [6, 6.07) is 21.0. The SMILES string of the molecule is COc1ccc2[s+]c(-c3ccccc3)ccc2c1.[O-][Cl+](O)(O)O. The van der Waals surface area contributed by atoms with Gasteiger partial charge in [0.15, 0.2) is 0 Å². The molecule has 0 bridgehead atoms. The van der Waals surface area contributed by atoms with Crippen LogP contribution in [0.25, 0.3) is 20.5 Å². The van der Waals surface area contributed by atoms with Crippen molar-refractivity contribution >= 4 is 21.4 Å². The average Bonchev–Trinajstić information content (AvgIpc) is 2.53. The third-order valence-electron chi connectivity index (χ3n) is 2.91. The van der Waals surface area contributed by atoms with Gasteiger partial charge in [0.05, 0.1) is 7.11 Å². The van der Waals surface area contributed by atoms with Crippen molar-refractivity contribution in [3.8, 4) is 16.2 Å². The van der Waals surface area contributed by atoms with Gasteiger partial charge >= 0.3 is 28.9 Å². The molecule has 0 aliphatic carbocycles. The normalized spacial score (nSPS) is 11.5. The van der Waals surface area contributed by atoms with Crippen LogP contribution in [0.15, 0.2) is 60.7 Å². The molecule has 0 fully saturated rings. The fraction of sp³-hybridized carbons (Fsp3) is 0.0625. The summed E-state index contributed by atoms with van der Waals surface area (Å²) in [7, 11) is -2.50. The molecule has 23 heavy (non-hydrogen) atoms. The van der Waals surface area contributed by atoms with Gasteiger partial charge in [0, 0.05) is 23.1 Å². The van der Waals surface area contributed by atoms with E-state index in [-0.39, 0.29) is 0 Å². The quantitative estimate of drug-likeness (QED) is 0.611. The summed E-state index contributed by atoms with van der Waals surface area (Å²) >= 11 is 1.80. The van der Waals surface area contributed by atoms with Gasteiger partial charge in [-0.25, -0.2) is 0 Å². The second kappa shape index (κ2) is 7.65. The first-order valence-corrected chi connectivity index (χ1v) is 8.63. The van der Waals surface area contributed by atoms with E-state index in [1.165, 1.54) is 20.5 Å². The van der Waals surface area contributed by atoms with Crippen molar-refractivity contribution in [3.05, 3.63) is 60.7 Å². The maximum atomic E-state index is 8.83. The summed E-state index contributed by atoms with van der Waals surface area (Å²) in [5.41, 5.74) is 1.26. The van der Waals surface area contributed by atoms with Gasteiger partial charge in [-0.3, -0.25) is 0 Å². The average molecular weight is 356 g/mol. The monoisotopic (exact) mass is 355 g/mol. The molecule has 0 spiro atoms. The van der Waals surface area contributed by atoms with Crippen molar-refractivity contribution in [1.82, 2.24) is 0 Å². The molecule has 2 aromatic carbocycles.